The van der Waals surface area contributed by atoms with Gasteiger partial charge in [0.1, 0.15) is 21.5 Å². The van der Waals surface area contributed by atoms with Gasteiger partial charge in [0.15, 0.2) is 0 Å². The second-order valence-electron chi connectivity index (χ2n) is 2.94. The molecule has 0 bridgehead atoms. The number of ether oxygens (including phenoxy) is 1. The van der Waals surface area contributed by atoms with Crippen LogP contribution >= 0.6 is 0 Å². The largest absolute Gasteiger partial charge is 0.465 e. The molecule has 0 radical (unpaired) electrons. The molecule has 1 rings (SSSR count). The van der Waals surface area contributed by atoms with Gasteiger partial charge in [-0.15, -0.1) is 0 Å². The Morgan fingerprint density at radius 1 is 1.40 bits per heavy atom. The first kappa shape index (κ1) is 13.7. The lowest BCUT2D eigenvalue weighted by Crippen LogP contribution is -2.00. The van der Waals surface area contributed by atoms with Gasteiger partial charge in [0.25, 0.3) is 0 Å². The highest BCUT2D eigenvalue weighted by Crippen LogP contribution is 2.08. The Kier molecular flexibility index (Phi) is 5.64. The Morgan fingerprint density at radius 3 is 2.00 bits per heavy atom. The summed E-state index contributed by atoms with van der Waals surface area (Å²) >= 11 is 0. The van der Waals surface area contributed by atoms with Crippen molar-refractivity contribution >= 4 is 15.8 Å². The van der Waals surface area contributed by atoms with Crippen LogP contribution in [0.5, 0.6) is 0 Å². The van der Waals surface area contributed by atoms with Crippen molar-refractivity contribution in [1.29, 1.82) is 5.26 Å². The summed E-state index contributed by atoms with van der Waals surface area (Å²) in [5, 5.41) is 7.99. The monoisotopic (exact) mass is 231 g/mol. The highest BCUT2D eigenvalue weighted by Gasteiger charge is 2.16. The zero-order valence-electron chi connectivity index (χ0n) is 8.52. The second kappa shape index (κ2) is 6.19. The third-order valence-electron chi connectivity index (χ3n) is 1.73. The number of hydrogen-bond acceptors (Lipinski definition) is 5. The van der Waals surface area contributed by atoms with Crippen molar-refractivity contribution in [1.82, 2.24) is 0 Å². The molecule has 0 spiro atoms. The zero-order valence-corrected chi connectivity index (χ0v) is 9.34. The number of esters is 1. The van der Waals surface area contributed by atoms with Crippen LogP contribution in [-0.4, -0.2) is 33.0 Å². The fourth-order valence-electron chi connectivity index (χ4n) is 0.915. The number of carbonyl (C=O) groups excluding carboxylic acids is 1. The van der Waals surface area contributed by atoms with E-state index in [1.165, 1.54) is 7.11 Å². The van der Waals surface area contributed by atoms with Crippen LogP contribution in [0, 0.1) is 11.3 Å². The van der Waals surface area contributed by atoms with Gasteiger partial charge < -0.3 is 4.74 Å². The van der Waals surface area contributed by atoms with E-state index in [9.17, 15) is 13.2 Å². The van der Waals surface area contributed by atoms with Crippen molar-refractivity contribution < 1.29 is 17.9 Å². The molecule has 1 aliphatic heterocycles. The number of nitrogens with zero attached hydrogens (tertiary/aromatic N) is 1. The minimum absolute atomic E-state index is 0.174. The van der Waals surface area contributed by atoms with Gasteiger partial charge in [-0.3, -0.25) is 0 Å². The molecule has 0 atom stereocenters. The number of methoxy groups -OCH3 is 1. The topological polar surface area (TPSA) is 84.2 Å². The van der Waals surface area contributed by atoms with E-state index in [0.717, 1.165) is 12.8 Å². The van der Waals surface area contributed by atoms with Gasteiger partial charge in [-0.2, -0.15) is 5.26 Å². The van der Waals surface area contributed by atoms with Crippen molar-refractivity contribution in [3.8, 4) is 6.07 Å². The first-order valence-electron chi connectivity index (χ1n) is 4.30. The van der Waals surface area contributed by atoms with Crippen molar-refractivity contribution in [2.45, 2.75) is 12.8 Å². The maximum absolute atomic E-state index is 10.4. The lowest BCUT2D eigenvalue weighted by Gasteiger charge is -1.89. The van der Waals surface area contributed by atoms with Crippen molar-refractivity contribution in [2.75, 3.05) is 18.6 Å². The zero-order chi connectivity index (χ0) is 11.9. The maximum atomic E-state index is 10.4. The number of hydrogen-bond donors (Lipinski definition) is 0. The molecular formula is C9H13NO4S. The van der Waals surface area contributed by atoms with Crippen molar-refractivity contribution in [2.24, 2.45) is 0 Å². The number of carbonyl (C=O) groups is 1. The van der Waals surface area contributed by atoms with Gasteiger partial charge in [-0.05, 0) is 12.8 Å². The fraction of sp³-hybridized carbons (Fsp3) is 0.556. The molecule has 5 nitrogen and oxygen atoms in total. The lowest BCUT2D eigenvalue weighted by molar-refractivity contribution is -0.135. The third-order valence-corrected chi connectivity index (χ3v) is 3.55. The maximum Gasteiger partial charge on any atom is 0.347 e. The first-order chi connectivity index (χ1) is 6.93. The second-order valence-corrected chi connectivity index (χ2v) is 5.24. The quantitative estimate of drug-likeness (QED) is 0.371. The SMILES string of the molecule is C=C(C#N)C(=O)OC.O=S1(=O)CCCC1. The van der Waals surface area contributed by atoms with Gasteiger partial charge in [0.05, 0.1) is 18.6 Å². The van der Waals surface area contributed by atoms with Crippen LogP contribution in [0.4, 0.5) is 0 Å². The van der Waals surface area contributed by atoms with Gasteiger partial charge in [0, 0.05) is 0 Å². The Bertz CT molecular complexity index is 365. The van der Waals surface area contributed by atoms with E-state index in [1.54, 1.807) is 6.07 Å². The highest BCUT2D eigenvalue weighted by molar-refractivity contribution is 7.91. The van der Waals surface area contributed by atoms with E-state index in [-0.39, 0.29) is 5.57 Å². The molecule has 0 aromatic carbocycles. The standard InChI is InChI=1S/C5H5NO2.C4H8O2S/c1-4(3-6)5(7)8-2;5-7(6)3-1-2-4-7/h1H2,2H3;1-4H2. The molecule has 1 fully saturated rings. The molecule has 1 heterocycles. The van der Waals surface area contributed by atoms with E-state index in [2.05, 4.69) is 11.3 Å². The summed E-state index contributed by atoms with van der Waals surface area (Å²) < 4.78 is 25.0. The first-order valence-corrected chi connectivity index (χ1v) is 6.13. The molecule has 15 heavy (non-hydrogen) atoms. The Balaban J connectivity index is 0.000000262. The summed E-state index contributed by atoms with van der Waals surface area (Å²) in [5.74, 6) is 0.174. The molecule has 84 valence electrons. The smallest absolute Gasteiger partial charge is 0.347 e. The predicted molar refractivity (Wildman–Crippen MR) is 54.7 cm³/mol. The summed E-state index contributed by atoms with van der Waals surface area (Å²) in [6.07, 6.45) is 1.75. The Labute approximate surface area is 89.3 Å². The molecule has 0 amide bonds. The molecule has 6 heteroatoms. The third kappa shape index (κ3) is 5.86. The van der Waals surface area contributed by atoms with Crippen LogP contribution in [0.25, 0.3) is 0 Å². The molecule has 0 aromatic heterocycles. The summed E-state index contributed by atoms with van der Waals surface area (Å²) in [6, 6.07) is 1.55. The molecule has 1 aliphatic rings. The molecule has 0 unspecified atom stereocenters. The van der Waals surface area contributed by atoms with E-state index in [4.69, 9.17) is 5.26 Å². The molecule has 0 N–H and O–H groups in total. The lowest BCUT2D eigenvalue weighted by atomic mass is 10.3. The number of nitriles is 1. The summed E-state index contributed by atoms with van der Waals surface area (Å²) in [5.41, 5.74) is -0.174. The van der Waals surface area contributed by atoms with Crippen molar-refractivity contribution in [3.63, 3.8) is 0 Å². The Morgan fingerprint density at radius 2 is 1.87 bits per heavy atom. The van der Waals surface area contributed by atoms with Gasteiger partial charge in [-0.25, -0.2) is 13.2 Å². The van der Waals surface area contributed by atoms with Gasteiger partial charge in [-0.1, -0.05) is 6.58 Å². The molecule has 0 aliphatic carbocycles. The molecular weight excluding hydrogens is 218 g/mol. The van der Waals surface area contributed by atoms with Gasteiger partial charge >= 0.3 is 5.97 Å². The molecule has 0 aromatic rings. The summed E-state index contributed by atoms with van der Waals surface area (Å²) in [6.45, 7) is 3.11. The normalized spacial score (nSPS) is 16.8. The molecule has 1 saturated heterocycles. The summed E-state index contributed by atoms with van der Waals surface area (Å²) in [7, 11) is -1.35. The fourth-order valence-corrected chi connectivity index (χ4v) is 2.41. The predicted octanol–water partition coefficient (Wildman–Crippen LogP) is 0.434. The van der Waals surface area contributed by atoms with E-state index >= 15 is 0 Å². The highest BCUT2D eigenvalue weighted by atomic mass is 32.2. The van der Waals surface area contributed by atoms with E-state index in [1.807, 2.05) is 0 Å². The van der Waals surface area contributed by atoms with Crippen LogP contribution in [0.15, 0.2) is 12.2 Å². The van der Waals surface area contributed by atoms with Crippen molar-refractivity contribution in [3.05, 3.63) is 12.2 Å². The number of rotatable bonds is 1. The molecule has 0 saturated carbocycles. The number of sulfone groups is 1. The van der Waals surface area contributed by atoms with Crippen LogP contribution in [0.3, 0.4) is 0 Å². The minimum Gasteiger partial charge on any atom is -0.465 e. The van der Waals surface area contributed by atoms with Crippen LogP contribution in [-0.2, 0) is 19.4 Å². The average molecular weight is 231 g/mol. The van der Waals surface area contributed by atoms with Crippen LogP contribution in [0.2, 0.25) is 0 Å². The van der Waals surface area contributed by atoms with E-state index in [0.29, 0.717) is 11.5 Å². The van der Waals surface area contributed by atoms with Crippen LogP contribution in [0.1, 0.15) is 12.8 Å². The van der Waals surface area contributed by atoms with Crippen LogP contribution < -0.4 is 0 Å². The summed E-state index contributed by atoms with van der Waals surface area (Å²) in [4.78, 5) is 10.2. The van der Waals surface area contributed by atoms with Gasteiger partial charge in [0.2, 0.25) is 0 Å². The average Bonchev–Trinajstić information content (AvgIpc) is 2.61. The Hall–Kier alpha value is -1.35. The minimum atomic E-state index is -2.55. The van der Waals surface area contributed by atoms with E-state index < -0.39 is 15.8 Å².